The molecule has 0 saturated carbocycles. The summed E-state index contributed by atoms with van der Waals surface area (Å²) < 4.78 is 11.0. The van der Waals surface area contributed by atoms with Crippen LogP contribution < -0.4 is 10.5 Å². The molecule has 1 atom stereocenters. The van der Waals surface area contributed by atoms with Crippen LogP contribution in [0, 0.1) is 11.8 Å². The molecule has 1 unspecified atom stereocenters. The van der Waals surface area contributed by atoms with E-state index in [-0.39, 0.29) is 11.9 Å². The maximum Gasteiger partial charge on any atom is 0.306 e. The molecule has 27 heavy (non-hydrogen) atoms. The third-order valence-electron chi connectivity index (χ3n) is 4.64. The van der Waals surface area contributed by atoms with Crippen LogP contribution in [0.5, 0.6) is 5.75 Å². The highest BCUT2D eigenvalue weighted by atomic mass is 16.5. The Hall–Kier alpha value is -1.59. The number of nitrogens with zero attached hydrogens (tertiary/aromatic N) is 1. The standard InChI is InChI=1S/C22H38N2O3/c1-5-24(6-2)17-19-8-10-21(11-9-19)26-12-7-13-27-22(25)15-20(16-23)14-18(3)4/h8-11,18,20H,5-7,12-17,23H2,1-4H3. The minimum absolute atomic E-state index is 0.160. The first-order valence-electron chi connectivity index (χ1n) is 10.3. The van der Waals surface area contributed by atoms with E-state index in [1.54, 1.807) is 0 Å². The molecule has 0 saturated heterocycles. The minimum Gasteiger partial charge on any atom is -0.493 e. The summed E-state index contributed by atoms with van der Waals surface area (Å²) in [5.74, 6) is 1.44. The van der Waals surface area contributed by atoms with E-state index in [4.69, 9.17) is 15.2 Å². The Labute approximate surface area is 165 Å². The number of carbonyl (C=O) groups is 1. The number of ether oxygens (including phenoxy) is 2. The van der Waals surface area contributed by atoms with E-state index in [2.05, 4.69) is 44.7 Å². The number of hydrogen-bond acceptors (Lipinski definition) is 5. The smallest absolute Gasteiger partial charge is 0.306 e. The highest BCUT2D eigenvalue weighted by molar-refractivity contribution is 5.69. The quantitative estimate of drug-likeness (QED) is 0.393. The molecule has 0 radical (unpaired) electrons. The first kappa shape index (κ1) is 23.4. The van der Waals surface area contributed by atoms with Gasteiger partial charge in [0.25, 0.3) is 0 Å². The van der Waals surface area contributed by atoms with Crippen LogP contribution in [0.25, 0.3) is 0 Å². The zero-order valence-electron chi connectivity index (χ0n) is 17.6. The Morgan fingerprint density at radius 2 is 1.78 bits per heavy atom. The molecular formula is C22H38N2O3. The maximum absolute atomic E-state index is 11.9. The number of nitrogens with two attached hydrogens (primary N) is 1. The molecule has 0 aromatic heterocycles. The van der Waals surface area contributed by atoms with Crippen LogP contribution in [-0.4, -0.2) is 43.7 Å². The fourth-order valence-corrected chi connectivity index (χ4v) is 3.06. The first-order chi connectivity index (χ1) is 13.0. The van der Waals surface area contributed by atoms with Gasteiger partial charge in [-0.15, -0.1) is 0 Å². The van der Waals surface area contributed by atoms with Crippen molar-refractivity contribution in [1.82, 2.24) is 4.90 Å². The van der Waals surface area contributed by atoms with Crippen LogP contribution in [0.15, 0.2) is 24.3 Å². The molecule has 2 N–H and O–H groups in total. The van der Waals surface area contributed by atoms with Crippen molar-refractivity contribution in [3.63, 3.8) is 0 Å². The lowest BCUT2D eigenvalue weighted by atomic mass is 9.94. The van der Waals surface area contributed by atoms with Crippen molar-refractivity contribution in [3.8, 4) is 5.75 Å². The van der Waals surface area contributed by atoms with Crippen molar-refractivity contribution in [3.05, 3.63) is 29.8 Å². The van der Waals surface area contributed by atoms with Gasteiger partial charge in [-0.2, -0.15) is 0 Å². The van der Waals surface area contributed by atoms with Gasteiger partial charge in [0.15, 0.2) is 0 Å². The molecule has 0 aliphatic heterocycles. The van der Waals surface area contributed by atoms with Gasteiger partial charge in [0.05, 0.1) is 13.2 Å². The number of esters is 1. The van der Waals surface area contributed by atoms with E-state index in [1.165, 1.54) is 5.56 Å². The molecule has 154 valence electrons. The summed E-state index contributed by atoms with van der Waals surface area (Å²) in [4.78, 5) is 14.3. The van der Waals surface area contributed by atoms with Crippen LogP contribution in [0.1, 0.15) is 52.5 Å². The molecule has 0 spiro atoms. The average molecular weight is 379 g/mol. The fourth-order valence-electron chi connectivity index (χ4n) is 3.06. The van der Waals surface area contributed by atoms with E-state index >= 15 is 0 Å². The second kappa shape index (κ2) is 13.6. The summed E-state index contributed by atoms with van der Waals surface area (Å²) in [6.45, 7) is 13.1. The molecule has 0 aliphatic carbocycles. The summed E-state index contributed by atoms with van der Waals surface area (Å²) in [6, 6.07) is 8.22. The van der Waals surface area contributed by atoms with Crippen LogP contribution >= 0.6 is 0 Å². The molecule has 1 aromatic rings. The second-order valence-corrected chi connectivity index (χ2v) is 7.46. The van der Waals surface area contributed by atoms with Gasteiger partial charge in [0, 0.05) is 19.4 Å². The lowest BCUT2D eigenvalue weighted by Gasteiger charge is -2.18. The number of rotatable bonds is 14. The summed E-state index contributed by atoms with van der Waals surface area (Å²) in [6.07, 6.45) is 2.05. The zero-order valence-corrected chi connectivity index (χ0v) is 17.6. The molecule has 5 nitrogen and oxygen atoms in total. The molecular weight excluding hydrogens is 340 g/mol. The second-order valence-electron chi connectivity index (χ2n) is 7.46. The Balaban J connectivity index is 2.21. The van der Waals surface area contributed by atoms with Crippen LogP contribution in [0.3, 0.4) is 0 Å². The van der Waals surface area contributed by atoms with Gasteiger partial charge in [0.1, 0.15) is 5.75 Å². The van der Waals surface area contributed by atoms with Crippen LogP contribution in [0.2, 0.25) is 0 Å². The largest absolute Gasteiger partial charge is 0.493 e. The number of hydrogen-bond donors (Lipinski definition) is 1. The van der Waals surface area contributed by atoms with Crippen molar-refractivity contribution in [2.75, 3.05) is 32.8 Å². The summed E-state index contributed by atoms with van der Waals surface area (Å²) in [7, 11) is 0. The summed E-state index contributed by atoms with van der Waals surface area (Å²) in [5.41, 5.74) is 7.02. The molecule has 1 aromatic carbocycles. The van der Waals surface area contributed by atoms with Gasteiger partial charge in [-0.05, 0) is 55.6 Å². The van der Waals surface area contributed by atoms with E-state index in [0.717, 1.165) is 31.8 Å². The van der Waals surface area contributed by atoms with E-state index in [0.29, 0.717) is 38.5 Å². The highest BCUT2D eigenvalue weighted by Gasteiger charge is 2.14. The maximum atomic E-state index is 11.9. The Morgan fingerprint density at radius 3 is 2.33 bits per heavy atom. The number of benzene rings is 1. The first-order valence-corrected chi connectivity index (χ1v) is 10.3. The molecule has 0 amide bonds. The monoisotopic (exact) mass is 378 g/mol. The van der Waals surface area contributed by atoms with E-state index < -0.39 is 0 Å². The van der Waals surface area contributed by atoms with Crippen molar-refractivity contribution in [2.45, 2.75) is 53.5 Å². The summed E-state index contributed by atoms with van der Waals surface area (Å²) >= 11 is 0. The van der Waals surface area contributed by atoms with Gasteiger partial charge in [-0.3, -0.25) is 9.69 Å². The lowest BCUT2D eigenvalue weighted by Crippen LogP contribution is -2.22. The molecule has 0 bridgehead atoms. The predicted molar refractivity (Wildman–Crippen MR) is 111 cm³/mol. The van der Waals surface area contributed by atoms with Crippen molar-refractivity contribution < 1.29 is 14.3 Å². The molecule has 5 heteroatoms. The SMILES string of the molecule is CCN(CC)Cc1ccc(OCCCOC(=O)CC(CN)CC(C)C)cc1. The third kappa shape index (κ3) is 10.4. The van der Waals surface area contributed by atoms with Gasteiger partial charge >= 0.3 is 5.97 Å². The average Bonchev–Trinajstić information content (AvgIpc) is 2.66. The van der Waals surface area contributed by atoms with Crippen molar-refractivity contribution in [2.24, 2.45) is 17.6 Å². The van der Waals surface area contributed by atoms with Gasteiger partial charge in [0.2, 0.25) is 0 Å². The van der Waals surface area contributed by atoms with E-state index in [9.17, 15) is 4.79 Å². The topological polar surface area (TPSA) is 64.8 Å². The number of carbonyl (C=O) groups excluding carboxylic acids is 1. The zero-order chi connectivity index (χ0) is 20.1. The fraction of sp³-hybridized carbons (Fsp3) is 0.682. The minimum atomic E-state index is -0.160. The van der Waals surface area contributed by atoms with Crippen molar-refractivity contribution in [1.29, 1.82) is 0 Å². The van der Waals surface area contributed by atoms with E-state index in [1.807, 2.05) is 12.1 Å². The molecule has 0 fully saturated rings. The highest BCUT2D eigenvalue weighted by Crippen LogP contribution is 2.16. The molecule has 0 aliphatic rings. The molecule has 1 rings (SSSR count). The Kier molecular flexibility index (Phi) is 11.8. The van der Waals surface area contributed by atoms with Crippen LogP contribution in [0.4, 0.5) is 0 Å². The van der Waals surface area contributed by atoms with Gasteiger partial charge < -0.3 is 15.2 Å². The van der Waals surface area contributed by atoms with Gasteiger partial charge in [-0.25, -0.2) is 0 Å². The van der Waals surface area contributed by atoms with Crippen LogP contribution in [-0.2, 0) is 16.1 Å². The molecule has 0 heterocycles. The van der Waals surface area contributed by atoms with Crippen molar-refractivity contribution >= 4 is 5.97 Å². The lowest BCUT2D eigenvalue weighted by molar-refractivity contribution is -0.145. The Morgan fingerprint density at radius 1 is 1.11 bits per heavy atom. The Bertz CT molecular complexity index is 513. The predicted octanol–water partition coefficient (Wildman–Crippen LogP) is 3.85. The normalized spacial score (nSPS) is 12.4. The third-order valence-corrected chi connectivity index (χ3v) is 4.64. The summed E-state index contributed by atoms with van der Waals surface area (Å²) in [5, 5.41) is 0. The van der Waals surface area contributed by atoms with Gasteiger partial charge in [-0.1, -0.05) is 39.8 Å².